The zero-order valence-electron chi connectivity index (χ0n) is 15.3. The quantitative estimate of drug-likeness (QED) is 0.924. The molecule has 1 saturated heterocycles. The molecule has 1 aliphatic heterocycles. The largest absolute Gasteiger partial charge is 0.372 e. The summed E-state index contributed by atoms with van der Waals surface area (Å²) in [6, 6.07) is 7.53. The molecular formula is C19H28N2O3. The fourth-order valence-corrected chi connectivity index (χ4v) is 2.87. The van der Waals surface area contributed by atoms with E-state index >= 15 is 0 Å². The summed E-state index contributed by atoms with van der Waals surface area (Å²) < 4.78 is 5.62. The lowest BCUT2D eigenvalue weighted by Crippen LogP contribution is -2.51. The second-order valence-corrected chi connectivity index (χ2v) is 7.57. The molecule has 1 N–H and O–H groups in total. The lowest BCUT2D eigenvalue weighted by molar-refractivity contribution is -0.142. The molecule has 0 spiro atoms. The molecule has 132 valence electrons. The summed E-state index contributed by atoms with van der Waals surface area (Å²) in [5.41, 5.74) is 1.79. The van der Waals surface area contributed by atoms with Gasteiger partial charge in [0.25, 0.3) is 5.91 Å². The number of benzene rings is 1. The van der Waals surface area contributed by atoms with Gasteiger partial charge in [0.15, 0.2) is 0 Å². The van der Waals surface area contributed by atoms with E-state index in [1.54, 1.807) is 17.0 Å². The molecule has 2 amide bonds. The molecule has 5 nitrogen and oxygen atoms in total. The highest BCUT2D eigenvalue weighted by molar-refractivity contribution is 5.96. The maximum absolute atomic E-state index is 12.3. The van der Waals surface area contributed by atoms with E-state index in [2.05, 4.69) is 26.1 Å². The highest BCUT2D eigenvalue weighted by atomic mass is 16.5. The first-order chi connectivity index (χ1) is 11.2. The first-order valence-corrected chi connectivity index (χ1v) is 8.49. The van der Waals surface area contributed by atoms with Gasteiger partial charge in [0.2, 0.25) is 5.91 Å². The highest BCUT2D eigenvalue weighted by Gasteiger charge is 2.26. The number of carbonyl (C=O) groups is 2. The van der Waals surface area contributed by atoms with Crippen LogP contribution in [0.25, 0.3) is 0 Å². The Balaban J connectivity index is 1.89. The van der Waals surface area contributed by atoms with Crippen molar-refractivity contribution >= 4 is 11.8 Å². The molecule has 0 aliphatic carbocycles. The Hall–Kier alpha value is -1.88. The third kappa shape index (κ3) is 4.81. The van der Waals surface area contributed by atoms with Crippen LogP contribution in [0.15, 0.2) is 24.3 Å². The van der Waals surface area contributed by atoms with Crippen molar-refractivity contribution in [3.8, 4) is 0 Å². The van der Waals surface area contributed by atoms with Crippen LogP contribution in [-0.4, -0.2) is 48.6 Å². The van der Waals surface area contributed by atoms with Crippen molar-refractivity contribution in [2.45, 2.75) is 52.2 Å². The molecular weight excluding hydrogens is 304 g/mol. The predicted octanol–water partition coefficient (Wildman–Crippen LogP) is 2.35. The molecule has 0 radical (unpaired) electrons. The molecule has 2 rings (SSSR count). The van der Waals surface area contributed by atoms with Crippen molar-refractivity contribution in [3.63, 3.8) is 0 Å². The zero-order chi connectivity index (χ0) is 17.9. The van der Waals surface area contributed by atoms with E-state index in [0.717, 1.165) is 0 Å². The standard InChI is InChI=1S/C19H28N2O3/c1-13-11-21(12-14(2)24-13)17(22)10-20-18(23)15-6-8-16(9-7-15)19(3,4)5/h6-9,13-14H,10-12H2,1-5H3,(H,20,23)/t13-,14+. The molecule has 1 aromatic carbocycles. The van der Waals surface area contributed by atoms with E-state index in [0.29, 0.717) is 18.7 Å². The maximum Gasteiger partial charge on any atom is 0.251 e. The monoisotopic (exact) mass is 332 g/mol. The Morgan fingerprint density at radius 3 is 2.17 bits per heavy atom. The highest BCUT2D eigenvalue weighted by Crippen LogP contribution is 2.22. The number of hydrogen-bond donors (Lipinski definition) is 1. The molecule has 0 saturated carbocycles. The van der Waals surface area contributed by atoms with Crippen LogP contribution < -0.4 is 5.32 Å². The van der Waals surface area contributed by atoms with Crippen molar-refractivity contribution in [2.24, 2.45) is 0 Å². The van der Waals surface area contributed by atoms with E-state index in [-0.39, 0.29) is 36.0 Å². The molecule has 5 heteroatoms. The summed E-state index contributed by atoms with van der Waals surface area (Å²) in [4.78, 5) is 26.2. The van der Waals surface area contributed by atoms with Crippen LogP contribution in [0.1, 0.15) is 50.5 Å². The second kappa shape index (κ2) is 7.34. The number of nitrogens with one attached hydrogen (secondary N) is 1. The predicted molar refractivity (Wildman–Crippen MR) is 94.1 cm³/mol. The maximum atomic E-state index is 12.3. The lowest BCUT2D eigenvalue weighted by Gasteiger charge is -2.35. The molecule has 1 fully saturated rings. The third-order valence-corrected chi connectivity index (χ3v) is 4.19. The summed E-state index contributed by atoms with van der Waals surface area (Å²) in [5, 5.41) is 2.71. The van der Waals surface area contributed by atoms with Gasteiger partial charge in [-0.05, 0) is 37.0 Å². The van der Waals surface area contributed by atoms with Crippen molar-refractivity contribution < 1.29 is 14.3 Å². The zero-order valence-corrected chi connectivity index (χ0v) is 15.3. The van der Waals surface area contributed by atoms with Crippen molar-refractivity contribution in [1.82, 2.24) is 10.2 Å². The summed E-state index contributed by atoms with van der Waals surface area (Å²) >= 11 is 0. The SMILES string of the molecule is C[C@@H]1CN(C(=O)CNC(=O)c2ccc(C(C)(C)C)cc2)C[C@H](C)O1. The molecule has 0 bridgehead atoms. The van der Waals surface area contributed by atoms with Crippen LogP contribution in [0, 0.1) is 0 Å². The number of hydrogen-bond acceptors (Lipinski definition) is 3. The van der Waals surface area contributed by atoms with Gasteiger partial charge in [-0.1, -0.05) is 32.9 Å². The van der Waals surface area contributed by atoms with Crippen molar-refractivity contribution in [3.05, 3.63) is 35.4 Å². The second-order valence-electron chi connectivity index (χ2n) is 7.57. The Bertz CT molecular complexity index is 580. The number of morpholine rings is 1. The third-order valence-electron chi connectivity index (χ3n) is 4.19. The van der Waals surface area contributed by atoms with Crippen LogP contribution >= 0.6 is 0 Å². The number of rotatable bonds is 3. The number of carbonyl (C=O) groups excluding carboxylic acids is 2. The molecule has 1 heterocycles. The van der Waals surface area contributed by atoms with Gasteiger partial charge in [0.1, 0.15) is 0 Å². The van der Waals surface area contributed by atoms with Crippen LogP contribution in [0.5, 0.6) is 0 Å². The van der Waals surface area contributed by atoms with Crippen molar-refractivity contribution in [2.75, 3.05) is 19.6 Å². The molecule has 0 aromatic heterocycles. The normalized spacial score (nSPS) is 21.5. The molecule has 0 unspecified atom stereocenters. The topological polar surface area (TPSA) is 58.6 Å². The Labute approximate surface area is 144 Å². The minimum absolute atomic E-state index is 0.0132. The number of nitrogens with zero attached hydrogens (tertiary/aromatic N) is 1. The fourth-order valence-electron chi connectivity index (χ4n) is 2.87. The minimum atomic E-state index is -0.224. The van der Waals surface area contributed by atoms with Crippen molar-refractivity contribution in [1.29, 1.82) is 0 Å². The first-order valence-electron chi connectivity index (χ1n) is 8.49. The van der Waals surface area contributed by atoms with Crippen LogP contribution in [0.2, 0.25) is 0 Å². The Morgan fingerprint density at radius 2 is 1.67 bits per heavy atom. The first kappa shape index (κ1) is 18.5. The van der Waals surface area contributed by atoms with Gasteiger partial charge in [-0.15, -0.1) is 0 Å². The van der Waals surface area contributed by atoms with E-state index < -0.39 is 0 Å². The van der Waals surface area contributed by atoms with Gasteiger partial charge in [-0.3, -0.25) is 9.59 Å². The van der Waals surface area contributed by atoms with Gasteiger partial charge in [-0.2, -0.15) is 0 Å². The summed E-state index contributed by atoms with van der Waals surface area (Å²) in [6.45, 7) is 11.4. The van der Waals surface area contributed by atoms with Crippen LogP contribution in [-0.2, 0) is 14.9 Å². The van der Waals surface area contributed by atoms with E-state index in [4.69, 9.17) is 4.74 Å². The van der Waals surface area contributed by atoms with E-state index in [1.807, 2.05) is 26.0 Å². The lowest BCUT2D eigenvalue weighted by atomic mass is 9.87. The van der Waals surface area contributed by atoms with Gasteiger partial charge in [0.05, 0.1) is 18.8 Å². The summed E-state index contributed by atoms with van der Waals surface area (Å²) in [7, 11) is 0. The molecule has 1 aromatic rings. The van der Waals surface area contributed by atoms with Gasteiger partial charge >= 0.3 is 0 Å². The average molecular weight is 332 g/mol. The minimum Gasteiger partial charge on any atom is -0.372 e. The summed E-state index contributed by atoms with van der Waals surface area (Å²) in [6.07, 6.45) is 0.0525. The Morgan fingerprint density at radius 1 is 1.12 bits per heavy atom. The number of amides is 2. The summed E-state index contributed by atoms with van der Waals surface area (Å²) in [5.74, 6) is -0.296. The molecule has 2 atom stereocenters. The average Bonchev–Trinajstić information content (AvgIpc) is 2.50. The van der Waals surface area contributed by atoms with Gasteiger partial charge < -0.3 is 15.0 Å². The molecule has 1 aliphatic rings. The molecule has 24 heavy (non-hydrogen) atoms. The van der Waals surface area contributed by atoms with Crippen LogP contribution in [0.4, 0.5) is 0 Å². The van der Waals surface area contributed by atoms with E-state index in [9.17, 15) is 9.59 Å². The smallest absolute Gasteiger partial charge is 0.251 e. The van der Waals surface area contributed by atoms with Crippen LogP contribution in [0.3, 0.4) is 0 Å². The van der Waals surface area contributed by atoms with Gasteiger partial charge in [-0.25, -0.2) is 0 Å². The number of ether oxygens (including phenoxy) is 1. The Kier molecular flexibility index (Phi) is 5.65. The van der Waals surface area contributed by atoms with Gasteiger partial charge in [0, 0.05) is 18.7 Å². The van der Waals surface area contributed by atoms with E-state index in [1.165, 1.54) is 5.56 Å². The fraction of sp³-hybridized carbons (Fsp3) is 0.579.